The molecule has 0 bridgehead atoms. The van der Waals surface area contributed by atoms with Crippen molar-refractivity contribution >= 4 is 23.4 Å². The maximum atomic E-state index is 12.9. The van der Waals surface area contributed by atoms with E-state index in [-0.39, 0.29) is 18.4 Å². The average Bonchev–Trinajstić information content (AvgIpc) is 2.74. The molecule has 2 aromatic rings. The number of carbonyl (C=O) groups is 2. The second-order valence-corrected chi connectivity index (χ2v) is 7.32. The SMILES string of the molecule is CCCCNC(=O)[C@@H](C)N(CCc1ccccc1)C(=O)COc1ccc(Cl)cc1. The van der Waals surface area contributed by atoms with E-state index in [1.807, 2.05) is 30.3 Å². The first-order valence-electron chi connectivity index (χ1n) is 10.0. The zero-order chi connectivity index (χ0) is 21.1. The van der Waals surface area contributed by atoms with Crippen molar-refractivity contribution in [2.75, 3.05) is 19.7 Å². The minimum Gasteiger partial charge on any atom is -0.484 e. The van der Waals surface area contributed by atoms with E-state index >= 15 is 0 Å². The molecule has 0 heterocycles. The van der Waals surface area contributed by atoms with Gasteiger partial charge in [-0.25, -0.2) is 0 Å². The average molecular weight is 417 g/mol. The van der Waals surface area contributed by atoms with E-state index in [0.717, 1.165) is 18.4 Å². The van der Waals surface area contributed by atoms with Crippen LogP contribution in [0.15, 0.2) is 54.6 Å². The van der Waals surface area contributed by atoms with Crippen molar-refractivity contribution in [1.29, 1.82) is 0 Å². The summed E-state index contributed by atoms with van der Waals surface area (Å²) in [5.74, 6) is 0.186. The summed E-state index contributed by atoms with van der Waals surface area (Å²) in [5, 5.41) is 3.51. The molecule has 2 rings (SSSR count). The molecule has 0 aliphatic rings. The first-order valence-corrected chi connectivity index (χ1v) is 10.4. The second-order valence-electron chi connectivity index (χ2n) is 6.89. The van der Waals surface area contributed by atoms with E-state index in [9.17, 15) is 9.59 Å². The fourth-order valence-electron chi connectivity index (χ4n) is 2.86. The minimum atomic E-state index is -0.572. The van der Waals surface area contributed by atoms with E-state index in [0.29, 0.717) is 30.3 Å². The van der Waals surface area contributed by atoms with Crippen molar-refractivity contribution < 1.29 is 14.3 Å². The molecule has 1 N–H and O–H groups in total. The van der Waals surface area contributed by atoms with Crippen LogP contribution < -0.4 is 10.1 Å². The molecule has 1 atom stereocenters. The predicted molar refractivity (Wildman–Crippen MR) is 116 cm³/mol. The first kappa shape index (κ1) is 22.8. The summed E-state index contributed by atoms with van der Waals surface area (Å²) in [6.45, 7) is 4.74. The Kier molecular flexibility index (Phi) is 9.51. The Morgan fingerprint density at radius 3 is 2.45 bits per heavy atom. The van der Waals surface area contributed by atoms with Gasteiger partial charge in [-0.3, -0.25) is 9.59 Å². The fourth-order valence-corrected chi connectivity index (χ4v) is 2.99. The molecule has 5 nitrogen and oxygen atoms in total. The number of hydrogen-bond acceptors (Lipinski definition) is 3. The molecule has 0 unspecified atom stereocenters. The first-order chi connectivity index (χ1) is 14.0. The number of ether oxygens (including phenoxy) is 1. The Morgan fingerprint density at radius 2 is 1.79 bits per heavy atom. The van der Waals surface area contributed by atoms with Gasteiger partial charge in [-0.05, 0) is 49.6 Å². The number of nitrogens with zero attached hydrogens (tertiary/aromatic N) is 1. The summed E-state index contributed by atoms with van der Waals surface area (Å²) >= 11 is 5.88. The van der Waals surface area contributed by atoms with Crippen LogP contribution in [0.25, 0.3) is 0 Å². The maximum absolute atomic E-state index is 12.9. The van der Waals surface area contributed by atoms with Crippen LogP contribution in [0, 0.1) is 0 Å². The molecule has 29 heavy (non-hydrogen) atoms. The van der Waals surface area contributed by atoms with Gasteiger partial charge in [-0.2, -0.15) is 0 Å². The highest BCUT2D eigenvalue weighted by Crippen LogP contribution is 2.16. The normalized spacial score (nSPS) is 11.6. The largest absolute Gasteiger partial charge is 0.484 e. The summed E-state index contributed by atoms with van der Waals surface area (Å²) < 4.78 is 5.60. The standard InChI is InChI=1S/C23H29ClN2O3/c1-3-4-15-25-23(28)18(2)26(16-14-19-8-6-5-7-9-19)22(27)17-29-21-12-10-20(24)11-13-21/h5-13,18H,3-4,14-17H2,1-2H3,(H,25,28)/t18-/m1/s1. The van der Waals surface area contributed by atoms with Crippen LogP contribution >= 0.6 is 11.6 Å². The van der Waals surface area contributed by atoms with E-state index in [1.165, 1.54) is 0 Å². The Morgan fingerprint density at radius 1 is 1.10 bits per heavy atom. The molecule has 0 spiro atoms. The van der Waals surface area contributed by atoms with E-state index in [2.05, 4.69) is 12.2 Å². The van der Waals surface area contributed by atoms with Crippen molar-refractivity contribution in [3.63, 3.8) is 0 Å². The van der Waals surface area contributed by atoms with Gasteiger partial charge in [0.05, 0.1) is 0 Å². The van der Waals surface area contributed by atoms with Crippen LogP contribution in [0.2, 0.25) is 5.02 Å². The number of benzene rings is 2. The van der Waals surface area contributed by atoms with Crippen LogP contribution in [-0.4, -0.2) is 42.5 Å². The quantitative estimate of drug-likeness (QED) is 0.561. The number of carbonyl (C=O) groups excluding carboxylic acids is 2. The minimum absolute atomic E-state index is 0.136. The number of amides is 2. The lowest BCUT2D eigenvalue weighted by Gasteiger charge is -2.28. The number of rotatable bonds is 11. The van der Waals surface area contributed by atoms with E-state index < -0.39 is 6.04 Å². The number of unbranched alkanes of at least 4 members (excludes halogenated alkanes) is 1. The van der Waals surface area contributed by atoms with Crippen molar-refractivity contribution in [3.8, 4) is 5.75 Å². The highest BCUT2D eigenvalue weighted by atomic mass is 35.5. The smallest absolute Gasteiger partial charge is 0.261 e. The van der Waals surface area contributed by atoms with Gasteiger partial charge in [0.25, 0.3) is 5.91 Å². The lowest BCUT2D eigenvalue weighted by molar-refractivity contribution is -0.141. The maximum Gasteiger partial charge on any atom is 0.261 e. The summed E-state index contributed by atoms with van der Waals surface area (Å²) in [5.41, 5.74) is 1.11. The van der Waals surface area contributed by atoms with Crippen LogP contribution in [0.4, 0.5) is 0 Å². The number of halogens is 1. The molecule has 156 valence electrons. The molecule has 0 saturated carbocycles. The van der Waals surface area contributed by atoms with Gasteiger partial charge in [0, 0.05) is 18.1 Å². The molecule has 0 aliphatic carbocycles. The summed E-state index contributed by atoms with van der Waals surface area (Å²) in [7, 11) is 0. The second kappa shape index (κ2) is 12.1. The van der Waals surface area contributed by atoms with Crippen LogP contribution in [0.5, 0.6) is 5.75 Å². The Bertz CT molecular complexity index is 765. The summed E-state index contributed by atoms with van der Waals surface area (Å²) in [6.07, 6.45) is 2.58. The van der Waals surface area contributed by atoms with Crippen molar-refractivity contribution in [2.24, 2.45) is 0 Å². The molecule has 2 amide bonds. The number of hydrogen-bond donors (Lipinski definition) is 1. The topological polar surface area (TPSA) is 58.6 Å². The molecular weight excluding hydrogens is 388 g/mol. The lowest BCUT2D eigenvalue weighted by Crippen LogP contribution is -2.50. The zero-order valence-corrected chi connectivity index (χ0v) is 17.8. The lowest BCUT2D eigenvalue weighted by atomic mass is 10.1. The molecule has 2 aromatic carbocycles. The van der Waals surface area contributed by atoms with Gasteiger partial charge < -0.3 is 15.0 Å². The van der Waals surface area contributed by atoms with Gasteiger partial charge in [0.2, 0.25) is 5.91 Å². The van der Waals surface area contributed by atoms with E-state index in [4.69, 9.17) is 16.3 Å². The van der Waals surface area contributed by atoms with Gasteiger partial charge in [0.1, 0.15) is 11.8 Å². The predicted octanol–water partition coefficient (Wildman–Crippen LogP) is 4.09. The Balaban J connectivity index is 2.01. The Labute approximate surface area is 178 Å². The van der Waals surface area contributed by atoms with Crippen molar-refractivity contribution in [2.45, 2.75) is 39.2 Å². The van der Waals surface area contributed by atoms with Crippen LogP contribution in [0.1, 0.15) is 32.3 Å². The molecule has 0 aliphatic heterocycles. The van der Waals surface area contributed by atoms with Crippen molar-refractivity contribution in [3.05, 3.63) is 65.2 Å². The van der Waals surface area contributed by atoms with Gasteiger partial charge in [0.15, 0.2) is 6.61 Å². The number of nitrogens with one attached hydrogen (secondary N) is 1. The van der Waals surface area contributed by atoms with Gasteiger partial charge >= 0.3 is 0 Å². The van der Waals surface area contributed by atoms with Crippen molar-refractivity contribution in [1.82, 2.24) is 10.2 Å². The molecule has 0 saturated heterocycles. The third-order valence-electron chi connectivity index (χ3n) is 4.66. The van der Waals surface area contributed by atoms with Crippen LogP contribution in [-0.2, 0) is 16.0 Å². The molecule has 0 radical (unpaired) electrons. The molecule has 0 fully saturated rings. The summed E-state index contributed by atoms with van der Waals surface area (Å²) in [4.78, 5) is 27.0. The zero-order valence-electron chi connectivity index (χ0n) is 17.1. The van der Waals surface area contributed by atoms with Gasteiger partial charge in [-0.15, -0.1) is 0 Å². The van der Waals surface area contributed by atoms with Crippen LogP contribution in [0.3, 0.4) is 0 Å². The monoisotopic (exact) mass is 416 g/mol. The van der Waals surface area contributed by atoms with Gasteiger partial charge in [-0.1, -0.05) is 55.3 Å². The summed E-state index contributed by atoms with van der Waals surface area (Å²) in [6, 6.07) is 16.2. The van der Waals surface area contributed by atoms with E-state index in [1.54, 1.807) is 36.1 Å². The Hall–Kier alpha value is -2.53. The third kappa shape index (κ3) is 7.78. The third-order valence-corrected chi connectivity index (χ3v) is 4.91. The molecule has 6 heteroatoms. The highest BCUT2D eigenvalue weighted by Gasteiger charge is 2.25. The highest BCUT2D eigenvalue weighted by molar-refractivity contribution is 6.30. The molecule has 0 aromatic heterocycles. The fraction of sp³-hybridized carbons (Fsp3) is 0.391. The molecular formula is C23H29ClN2O3.